The summed E-state index contributed by atoms with van der Waals surface area (Å²) in [6.07, 6.45) is 2.54. The lowest BCUT2D eigenvalue weighted by Crippen LogP contribution is -2.46. The van der Waals surface area contributed by atoms with Gasteiger partial charge in [-0.1, -0.05) is 26.0 Å². The minimum Gasteiger partial charge on any atom is -0.368 e. The lowest BCUT2D eigenvalue weighted by molar-refractivity contribution is 0.296. The Morgan fingerprint density at radius 3 is 2.89 bits per heavy atom. The van der Waals surface area contributed by atoms with Crippen LogP contribution in [0.25, 0.3) is 0 Å². The Labute approximate surface area is 117 Å². The van der Waals surface area contributed by atoms with E-state index in [4.69, 9.17) is 0 Å². The maximum Gasteiger partial charge on any atom is 0.0417 e. The number of nitrogens with one attached hydrogen (secondary N) is 1. The van der Waals surface area contributed by atoms with Crippen LogP contribution >= 0.6 is 0 Å². The Balaban J connectivity index is 1.96. The highest BCUT2D eigenvalue weighted by molar-refractivity contribution is 5.58. The minimum absolute atomic E-state index is 0.657. The molecule has 1 saturated heterocycles. The highest BCUT2D eigenvalue weighted by atomic mass is 15.2. The van der Waals surface area contributed by atoms with Gasteiger partial charge >= 0.3 is 0 Å². The second-order valence-corrected chi connectivity index (χ2v) is 6.55. The van der Waals surface area contributed by atoms with Crippen molar-refractivity contribution in [1.29, 1.82) is 0 Å². The molecule has 3 atom stereocenters. The molecule has 2 heterocycles. The fraction of sp³-hybridized carbons (Fsp3) is 0.647. The molecule has 1 aromatic carbocycles. The Kier molecular flexibility index (Phi) is 3.53. The Hall–Kier alpha value is -1.02. The van der Waals surface area contributed by atoms with Gasteiger partial charge in [0.1, 0.15) is 0 Å². The van der Waals surface area contributed by atoms with Crippen LogP contribution in [0.2, 0.25) is 0 Å². The molecule has 0 saturated carbocycles. The van der Waals surface area contributed by atoms with Crippen molar-refractivity contribution in [1.82, 2.24) is 5.32 Å². The van der Waals surface area contributed by atoms with Gasteiger partial charge in [-0.2, -0.15) is 0 Å². The van der Waals surface area contributed by atoms with Crippen molar-refractivity contribution in [2.75, 3.05) is 18.0 Å². The van der Waals surface area contributed by atoms with E-state index in [0.29, 0.717) is 6.04 Å². The molecular formula is C17H26N2. The van der Waals surface area contributed by atoms with E-state index in [0.717, 1.165) is 24.9 Å². The van der Waals surface area contributed by atoms with E-state index in [9.17, 15) is 0 Å². The summed E-state index contributed by atoms with van der Waals surface area (Å²) in [6, 6.07) is 7.54. The molecule has 0 aromatic heterocycles. The fourth-order valence-electron chi connectivity index (χ4n) is 3.80. The number of rotatable bonds is 1. The van der Waals surface area contributed by atoms with E-state index in [1.54, 1.807) is 11.1 Å². The third-order valence-corrected chi connectivity index (χ3v) is 5.03. The van der Waals surface area contributed by atoms with Crippen LogP contribution < -0.4 is 10.2 Å². The van der Waals surface area contributed by atoms with E-state index in [1.165, 1.54) is 25.1 Å². The van der Waals surface area contributed by atoms with E-state index >= 15 is 0 Å². The second kappa shape index (κ2) is 5.16. The molecule has 0 amide bonds. The molecule has 3 rings (SSSR count). The summed E-state index contributed by atoms with van der Waals surface area (Å²) in [5.74, 6) is 1.59. The summed E-state index contributed by atoms with van der Waals surface area (Å²) in [4.78, 5) is 2.66. The molecule has 0 aliphatic carbocycles. The Morgan fingerprint density at radius 1 is 1.21 bits per heavy atom. The summed E-state index contributed by atoms with van der Waals surface area (Å²) < 4.78 is 0. The molecule has 2 aliphatic heterocycles. The standard InChI is InChI=1S/C17H26N2/c1-12-9-13(2)14(3)19(11-12)17-6-4-5-15-7-8-18-10-16(15)17/h4-6,12-14,18H,7-11H2,1-3H3. The minimum atomic E-state index is 0.657. The number of fused-ring (bicyclic) bond motifs is 1. The molecule has 2 nitrogen and oxygen atoms in total. The van der Waals surface area contributed by atoms with Crippen molar-refractivity contribution in [3.8, 4) is 0 Å². The van der Waals surface area contributed by atoms with Crippen LogP contribution in [0.5, 0.6) is 0 Å². The lowest BCUT2D eigenvalue weighted by atomic mass is 9.85. The van der Waals surface area contributed by atoms with Gasteiger partial charge in [0.15, 0.2) is 0 Å². The predicted octanol–water partition coefficient (Wildman–Crippen LogP) is 3.20. The third-order valence-electron chi connectivity index (χ3n) is 5.03. The van der Waals surface area contributed by atoms with E-state index in [1.807, 2.05) is 0 Å². The summed E-state index contributed by atoms with van der Waals surface area (Å²) >= 11 is 0. The van der Waals surface area contributed by atoms with Gasteiger partial charge in [-0.05, 0) is 55.3 Å². The average Bonchev–Trinajstić information content (AvgIpc) is 2.42. The molecule has 0 radical (unpaired) electrons. The molecule has 1 aromatic rings. The van der Waals surface area contributed by atoms with Gasteiger partial charge in [-0.3, -0.25) is 0 Å². The van der Waals surface area contributed by atoms with E-state index in [-0.39, 0.29) is 0 Å². The first kappa shape index (κ1) is 13.0. The highest BCUT2D eigenvalue weighted by Gasteiger charge is 2.30. The fourth-order valence-corrected chi connectivity index (χ4v) is 3.80. The van der Waals surface area contributed by atoms with Crippen LogP contribution in [0, 0.1) is 11.8 Å². The van der Waals surface area contributed by atoms with Crippen LogP contribution in [0.15, 0.2) is 18.2 Å². The van der Waals surface area contributed by atoms with Gasteiger partial charge < -0.3 is 10.2 Å². The van der Waals surface area contributed by atoms with Crippen LogP contribution in [0.4, 0.5) is 5.69 Å². The number of hydrogen-bond donors (Lipinski definition) is 1. The van der Waals surface area contributed by atoms with Crippen molar-refractivity contribution < 1.29 is 0 Å². The molecule has 1 N–H and O–H groups in total. The van der Waals surface area contributed by atoms with Crippen LogP contribution in [0.1, 0.15) is 38.3 Å². The van der Waals surface area contributed by atoms with Gasteiger partial charge in [-0.25, -0.2) is 0 Å². The van der Waals surface area contributed by atoms with Crippen LogP contribution in [-0.2, 0) is 13.0 Å². The van der Waals surface area contributed by atoms with Gasteiger partial charge in [0.05, 0.1) is 0 Å². The first-order chi connectivity index (χ1) is 9.16. The lowest BCUT2D eigenvalue weighted by Gasteiger charge is -2.44. The molecule has 2 heteroatoms. The molecule has 2 aliphatic rings. The van der Waals surface area contributed by atoms with Crippen molar-refractivity contribution in [3.05, 3.63) is 29.3 Å². The summed E-state index contributed by atoms with van der Waals surface area (Å²) in [5.41, 5.74) is 4.58. The Morgan fingerprint density at radius 2 is 2.05 bits per heavy atom. The highest BCUT2D eigenvalue weighted by Crippen LogP contribution is 2.35. The monoisotopic (exact) mass is 258 g/mol. The zero-order chi connectivity index (χ0) is 13.4. The van der Waals surface area contributed by atoms with Crippen molar-refractivity contribution >= 4 is 5.69 Å². The van der Waals surface area contributed by atoms with Crippen LogP contribution in [0.3, 0.4) is 0 Å². The van der Waals surface area contributed by atoms with Crippen molar-refractivity contribution in [2.45, 2.75) is 46.2 Å². The number of hydrogen-bond acceptors (Lipinski definition) is 2. The second-order valence-electron chi connectivity index (χ2n) is 6.55. The Bertz CT molecular complexity index is 455. The van der Waals surface area contributed by atoms with Crippen molar-refractivity contribution in [2.24, 2.45) is 11.8 Å². The molecule has 1 fully saturated rings. The quantitative estimate of drug-likeness (QED) is 0.832. The average molecular weight is 258 g/mol. The van der Waals surface area contributed by atoms with Gasteiger partial charge in [0.2, 0.25) is 0 Å². The first-order valence-electron chi connectivity index (χ1n) is 7.75. The van der Waals surface area contributed by atoms with E-state index < -0.39 is 0 Å². The molecule has 0 bridgehead atoms. The predicted molar refractivity (Wildman–Crippen MR) is 81.6 cm³/mol. The molecule has 0 spiro atoms. The number of nitrogens with zero attached hydrogens (tertiary/aromatic N) is 1. The number of benzene rings is 1. The molecule has 19 heavy (non-hydrogen) atoms. The van der Waals surface area contributed by atoms with Crippen molar-refractivity contribution in [3.63, 3.8) is 0 Å². The normalized spacial score (nSPS) is 31.1. The summed E-state index contributed by atoms with van der Waals surface area (Å²) in [6.45, 7) is 10.6. The summed E-state index contributed by atoms with van der Waals surface area (Å²) in [5, 5.41) is 3.53. The molecule has 104 valence electrons. The largest absolute Gasteiger partial charge is 0.368 e. The number of piperidine rings is 1. The SMILES string of the molecule is CC1CC(C)C(C)N(c2cccc3c2CNCC3)C1. The topological polar surface area (TPSA) is 15.3 Å². The van der Waals surface area contributed by atoms with Gasteiger partial charge in [0.25, 0.3) is 0 Å². The van der Waals surface area contributed by atoms with Crippen LogP contribution in [-0.4, -0.2) is 19.1 Å². The maximum absolute atomic E-state index is 3.53. The zero-order valence-electron chi connectivity index (χ0n) is 12.4. The van der Waals surface area contributed by atoms with Gasteiger partial charge in [-0.15, -0.1) is 0 Å². The van der Waals surface area contributed by atoms with E-state index in [2.05, 4.69) is 49.2 Å². The third kappa shape index (κ3) is 2.38. The summed E-state index contributed by atoms with van der Waals surface area (Å²) in [7, 11) is 0. The zero-order valence-corrected chi connectivity index (χ0v) is 12.4. The molecular weight excluding hydrogens is 232 g/mol. The molecule has 3 unspecified atom stereocenters. The maximum atomic E-state index is 3.53. The van der Waals surface area contributed by atoms with Gasteiger partial charge in [0, 0.05) is 24.8 Å². The smallest absolute Gasteiger partial charge is 0.0417 e. The first-order valence-corrected chi connectivity index (χ1v) is 7.75. The number of anilines is 1.